The molecular formula is H4Nb2O4Ti. The van der Waals surface area contributed by atoms with Gasteiger partial charge in [0.05, 0.1) is 0 Å². The van der Waals surface area contributed by atoms with E-state index >= 15 is 0 Å². The standard InChI is InChI=1S/2Nb.4H2O.Ti/h;;4*1H2;/q2*+2;;;;;/p-4. The van der Waals surface area contributed by atoms with Crippen molar-refractivity contribution < 1.29 is 88.4 Å². The predicted octanol–water partition coefficient (Wildman–Crippen LogP) is -0.715. The van der Waals surface area contributed by atoms with Gasteiger partial charge in [0.25, 0.3) is 0 Å². The van der Waals surface area contributed by atoms with E-state index in [0.29, 0.717) is 0 Å². The molecule has 4 nitrogen and oxygen atoms in total. The van der Waals surface area contributed by atoms with Crippen molar-refractivity contribution in [3.05, 3.63) is 0 Å². The van der Waals surface area contributed by atoms with Gasteiger partial charge in [-0.05, 0) is 0 Å². The fraction of sp³-hybridized carbons (Fsp3) is 0. The molecule has 0 aromatic rings. The van der Waals surface area contributed by atoms with E-state index in [2.05, 4.69) is 0 Å². The number of hydrogen-bond donors (Lipinski definition) is 0. The molecule has 0 spiro atoms. The van der Waals surface area contributed by atoms with Crippen LogP contribution < -0.4 is 0 Å². The Morgan fingerprint density at radius 3 is 0.429 bits per heavy atom. The summed E-state index contributed by atoms with van der Waals surface area (Å²) in [5.41, 5.74) is 0. The van der Waals surface area contributed by atoms with Crippen LogP contribution in [0.4, 0.5) is 0 Å². The van der Waals surface area contributed by atoms with Crippen molar-refractivity contribution in [2.75, 3.05) is 0 Å². The van der Waals surface area contributed by atoms with Crippen LogP contribution in [0.2, 0.25) is 0 Å². The second-order valence-corrected chi connectivity index (χ2v) is 0. The molecule has 0 aliphatic carbocycles. The van der Waals surface area contributed by atoms with E-state index in [4.69, 9.17) is 0 Å². The molecule has 0 atom stereocenters. The minimum absolute atomic E-state index is 0. The van der Waals surface area contributed by atoms with Crippen LogP contribution in [0.3, 0.4) is 0 Å². The third-order valence-corrected chi connectivity index (χ3v) is 0. The van der Waals surface area contributed by atoms with Crippen molar-refractivity contribution >= 4 is 0 Å². The average molecular weight is 302 g/mol. The first-order valence-corrected chi connectivity index (χ1v) is 0. The van der Waals surface area contributed by atoms with E-state index in [0.717, 1.165) is 0 Å². The molecule has 0 aliphatic heterocycles. The maximum Gasteiger partial charge on any atom is 2.00 e. The Morgan fingerprint density at radius 2 is 0.429 bits per heavy atom. The second-order valence-electron chi connectivity index (χ2n) is 0. The van der Waals surface area contributed by atoms with Crippen LogP contribution in [0, 0.1) is 0 Å². The van der Waals surface area contributed by atoms with Crippen molar-refractivity contribution in [2.45, 2.75) is 0 Å². The fourth-order valence-corrected chi connectivity index (χ4v) is 0. The third-order valence-electron chi connectivity index (χ3n) is 0. The SMILES string of the molecule is [Nb+2].[Nb+2].[OH-].[OH-].[OH-].[OH-].[Ti]. The zero-order valence-corrected chi connectivity index (χ0v) is 9.14. The van der Waals surface area contributed by atoms with Crippen LogP contribution in [0.15, 0.2) is 0 Å². The topological polar surface area (TPSA) is 120 Å². The smallest absolute Gasteiger partial charge is 0.870 e. The summed E-state index contributed by atoms with van der Waals surface area (Å²) in [5, 5.41) is 0. The van der Waals surface area contributed by atoms with E-state index in [-0.39, 0.29) is 88.4 Å². The summed E-state index contributed by atoms with van der Waals surface area (Å²) in [6.45, 7) is 0. The van der Waals surface area contributed by atoms with Gasteiger partial charge in [0.2, 0.25) is 0 Å². The first-order valence-electron chi connectivity index (χ1n) is 0. The van der Waals surface area contributed by atoms with Crippen LogP contribution in [0.1, 0.15) is 0 Å². The first kappa shape index (κ1) is 141. The summed E-state index contributed by atoms with van der Waals surface area (Å²) in [4.78, 5) is 0. The molecule has 7 heteroatoms. The van der Waals surface area contributed by atoms with Gasteiger partial charge < -0.3 is 21.9 Å². The Kier molecular flexibility index (Phi) is 1930. The van der Waals surface area contributed by atoms with E-state index < -0.39 is 0 Å². The Labute approximate surface area is 87.6 Å². The molecule has 0 aromatic heterocycles. The number of rotatable bonds is 0. The van der Waals surface area contributed by atoms with Crippen molar-refractivity contribution in [1.82, 2.24) is 0 Å². The minimum atomic E-state index is 0. The summed E-state index contributed by atoms with van der Waals surface area (Å²) in [5.74, 6) is 0. The normalized spacial score (nSPS) is 0. The molecule has 2 radical (unpaired) electrons. The van der Waals surface area contributed by atoms with Gasteiger partial charge >= 0.3 is 44.8 Å². The fourth-order valence-electron chi connectivity index (χ4n) is 0. The molecule has 0 amide bonds. The molecule has 0 heterocycles. The van der Waals surface area contributed by atoms with E-state index in [1.165, 1.54) is 0 Å². The predicted molar refractivity (Wildman–Crippen MR) is 7.74 cm³/mol. The van der Waals surface area contributed by atoms with Gasteiger partial charge in [0.15, 0.2) is 0 Å². The Hall–Kier alpha value is 2.03. The van der Waals surface area contributed by atoms with Gasteiger partial charge in [-0.15, -0.1) is 0 Å². The quantitative estimate of drug-likeness (QED) is 0.548. The summed E-state index contributed by atoms with van der Waals surface area (Å²) in [6, 6.07) is 0. The molecule has 0 saturated heterocycles. The number of hydrogen-bond acceptors (Lipinski definition) is 4. The Balaban J connectivity index is 0. The maximum atomic E-state index is 0. The van der Waals surface area contributed by atoms with Crippen LogP contribution in [0.5, 0.6) is 0 Å². The van der Waals surface area contributed by atoms with Crippen molar-refractivity contribution in [2.24, 2.45) is 0 Å². The van der Waals surface area contributed by atoms with Gasteiger partial charge in [-0.2, -0.15) is 0 Å². The van der Waals surface area contributed by atoms with Gasteiger partial charge in [-0.25, -0.2) is 0 Å². The molecule has 0 aromatic carbocycles. The monoisotopic (exact) mass is 302 g/mol. The van der Waals surface area contributed by atoms with Crippen molar-refractivity contribution in [3.63, 3.8) is 0 Å². The molecule has 7 heavy (non-hydrogen) atoms. The minimum Gasteiger partial charge on any atom is -0.870 e. The van der Waals surface area contributed by atoms with Gasteiger partial charge in [0.1, 0.15) is 0 Å². The van der Waals surface area contributed by atoms with Crippen molar-refractivity contribution in [1.29, 1.82) is 0 Å². The zero-order chi connectivity index (χ0) is 0. The van der Waals surface area contributed by atoms with E-state index in [9.17, 15) is 0 Å². The van der Waals surface area contributed by atoms with Gasteiger partial charge in [0, 0.05) is 21.7 Å². The Morgan fingerprint density at radius 1 is 0.429 bits per heavy atom. The van der Waals surface area contributed by atoms with Gasteiger partial charge in [-0.1, -0.05) is 0 Å². The largest absolute Gasteiger partial charge is 2.00 e. The molecule has 0 aliphatic rings. The molecule has 0 rings (SSSR count). The van der Waals surface area contributed by atoms with Crippen LogP contribution >= 0.6 is 0 Å². The molecule has 0 fully saturated rings. The second kappa shape index (κ2) is 96.0. The molecule has 0 bridgehead atoms. The molecule has 0 unspecified atom stereocenters. The van der Waals surface area contributed by atoms with Crippen molar-refractivity contribution in [3.8, 4) is 0 Å². The first-order chi connectivity index (χ1) is 0. The van der Waals surface area contributed by atoms with E-state index in [1.807, 2.05) is 0 Å². The van der Waals surface area contributed by atoms with Gasteiger partial charge in [-0.3, -0.25) is 0 Å². The average Bonchev–Trinajstić information content (AvgIpc) is 0. The maximum absolute atomic E-state index is 0. The summed E-state index contributed by atoms with van der Waals surface area (Å²) >= 11 is 0. The summed E-state index contributed by atoms with van der Waals surface area (Å²) in [7, 11) is 0. The summed E-state index contributed by atoms with van der Waals surface area (Å²) in [6.07, 6.45) is 0. The molecule has 4 N–H and O–H groups in total. The molecule has 0 saturated carbocycles. The third kappa shape index (κ3) is 70.7. The Bertz CT molecular complexity index is 9.65. The van der Waals surface area contributed by atoms with Crippen LogP contribution in [-0.2, 0) is 66.5 Å². The molecular weight excluding hydrogens is 298 g/mol. The van der Waals surface area contributed by atoms with Crippen LogP contribution in [0.25, 0.3) is 0 Å². The van der Waals surface area contributed by atoms with E-state index in [1.54, 1.807) is 0 Å². The zero-order valence-electron chi connectivity index (χ0n) is 3.18. The van der Waals surface area contributed by atoms with Crippen LogP contribution in [-0.4, -0.2) is 21.9 Å². The molecule has 42 valence electrons. The summed E-state index contributed by atoms with van der Waals surface area (Å²) < 4.78 is 0.